The van der Waals surface area contributed by atoms with Crippen molar-refractivity contribution in [3.05, 3.63) is 36.5 Å². The van der Waals surface area contributed by atoms with Crippen molar-refractivity contribution >= 4 is 5.97 Å². The van der Waals surface area contributed by atoms with Crippen LogP contribution in [0, 0.1) is 0 Å². The normalized spacial score (nSPS) is 13.3. The van der Waals surface area contributed by atoms with E-state index in [0.29, 0.717) is 6.61 Å². The minimum absolute atomic E-state index is 0.235. The third-order valence-electron chi connectivity index (χ3n) is 3.70. The average Bonchev–Trinajstić information content (AvgIpc) is 2.58. The van der Waals surface area contributed by atoms with Crippen molar-refractivity contribution in [2.45, 2.75) is 77.7 Å². The third kappa shape index (κ3) is 14.3. The van der Waals surface area contributed by atoms with Gasteiger partial charge in [-0.3, -0.25) is 0 Å². The van der Waals surface area contributed by atoms with Crippen molar-refractivity contribution in [2.24, 2.45) is 0 Å². The molecule has 24 heavy (non-hydrogen) atoms. The fraction of sp³-hybridized carbons (Fsp3) is 0.667. The van der Waals surface area contributed by atoms with E-state index < -0.39 is 6.10 Å². The first-order chi connectivity index (χ1) is 11.8. The van der Waals surface area contributed by atoms with Gasteiger partial charge in [0.2, 0.25) is 0 Å². The molecule has 138 valence electrons. The Morgan fingerprint density at radius 3 is 2.12 bits per heavy atom. The van der Waals surface area contributed by atoms with Crippen molar-refractivity contribution in [2.75, 3.05) is 13.7 Å². The van der Waals surface area contributed by atoms with E-state index in [0.717, 1.165) is 44.9 Å². The first-order valence-corrected chi connectivity index (χ1v) is 9.40. The third-order valence-corrected chi connectivity index (χ3v) is 3.70. The Balaban J connectivity index is 3.51. The molecule has 0 amide bonds. The predicted octanol–water partition coefficient (Wildman–Crippen LogP) is 5.76. The van der Waals surface area contributed by atoms with Crippen molar-refractivity contribution in [3.63, 3.8) is 0 Å². The molecule has 1 atom stereocenters. The molecule has 1 unspecified atom stereocenters. The molecule has 0 aromatic rings. The number of esters is 1. The zero-order valence-corrected chi connectivity index (χ0v) is 15.8. The SMILES string of the molecule is CCC=CCC=CCC=CCCCCCCC(OC)C(=O)OCC. The van der Waals surface area contributed by atoms with Crippen molar-refractivity contribution in [1.82, 2.24) is 0 Å². The summed E-state index contributed by atoms with van der Waals surface area (Å²) in [5.41, 5.74) is 0. The number of allylic oxidation sites excluding steroid dienone is 6. The number of carbonyl (C=O) groups excluding carboxylic acids is 1. The van der Waals surface area contributed by atoms with Crippen LogP contribution in [0.4, 0.5) is 0 Å². The Morgan fingerprint density at radius 1 is 0.875 bits per heavy atom. The number of ether oxygens (including phenoxy) is 2. The maximum Gasteiger partial charge on any atom is 0.335 e. The lowest BCUT2D eigenvalue weighted by atomic mass is 10.1. The molecule has 0 radical (unpaired) electrons. The van der Waals surface area contributed by atoms with Gasteiger partial charge in [0.25, 0.3) is 0 Å². The summed E-state index contributed by atoms with van der Waals surface area (Å²) in [6.45, 7) is 4.38. The van der Waals surface area contributed by atoms with E-state index in [1.807, 2.05) is 6.92 Å². The van der Waals surface area contributed by atoms with Gasteiger partial charge in [0.05, 0.1) is 6.61 Å². The van der Waals surface area contributed by atoms with Gasteiger partial charge in [0.1, 0.15) is 0 Å². The molecule has 0 aliphatic carbocycles. The second kappa shape index (κ2) is 18.0. The van der Waals surface area contributed by atoms with Gasteiger partial charge in [-0.2, -0.15) is 0 Å². The average molecular weight is 337 g/mol. The minimum atomic E-state index is -0.399. The molecule has 0 saturated carbocycles. The Morgan fingerprint density at radius 2 is 1.50 bits per heavy atom. The highest BCUT2D eigenvalue weighted by molar-refractivity contribution is 5.74. The van der Waals surface area contributed by atoms with Gasteiger partial charge in [-0.15, -0.1) is 0 Å². The van der Waals surface area contributed by atoms with Crippen LogP contribution in [-0.4, -0.2) is 25.8 Å². The Labute approximate surface area is 148 Å². The summed E-state index contributed by atoms with van der Waals surface area (Å²) >= 11 is 0. The van der Waals surface area contributed by atoms with Crippen molar-refractivity contribution in [1.29, 1.82) is 0 Å². The van der Waals surface area contributed by atoms with Crippen LogP contribution in [-0.2, 0) is 14.3 Å². The van der Waals surface area contributed by atoms with Gasteiger partial charge < -0.3 is 9.47 Å². The number of hydrogen-bond donors (Lipinski definition) is 0. The molecule has 0 bridgehead atoms. The summed E-state index contributed by atoms with van der Waals surface area (Å²) < 4.78 is 10.2. The van der Waals surface area contributed by atoms with E-state index in [2.05, 4.69) is 43.4 Å². The van der Waals surface area contributed by atoms with Crippen molar-refractivity contribution in [3.8, 4) is 0 Å². The van der Waals surface area contributed by atoms with Crippen LogP contribution in [0.5, 0.6) is 0 Å². The van der Waals surface area contributed by atoms with Crippen LogP contribution in [0.25, 0.3) is 0 Å². The van der Waals surface area contributed by atoms with Gasteiger partial charge >= 0.3 is 5.97 Å². The van der Waals surface area contributed by atoms with Crippen LogP contribution in [0.3, 0.4) is 0 Å². The van der Waals surface area contributed by atoms with Gasteiger partial charge in [-0.25, -0.2) is 4.79 Å². The number of hydrogen-bond acceptors (Lipinski definition) is 3. The van der Waals surface area contributed by atoms with E-state index in [9.17, 15) is 4.79 Å². The second-order valence-electron chi connectivity index (χ2n) is 5.76. The quantitative estimate of drug-likeness (QED) is 0.216. The summed E-state index contributed by atoms with van der Waals surface area (Å²) in [6.07, 6.45) is 22.5. The van der Waals surface area contributed by atoms with E-state index in [1.165, 1.54) is 12.8 Å². The summed E-state index contributed by atoms with van der Waals surface area (Å²) in [5, 5.41) is 0. The van der Waals surface area contributed by atoms with E-state index in [-0.39, 0.29) is 5.97 Å². The molecular weight excluding hydrogens is 300 g/mol. The van der Waals surface area contributed by atoms with Crippen LogP contribution >= 0.6 is 0 Å². The Hall–Kier alpha value is -1.35. The number of rotatable bonds is 15. The van der Waals surface area contributed by atoms with E-state index >= 15 is 0 Å². The maximum absolute atomic E-state index is 11.6. The minimum Gasteiger partial charge on any atom is -0.464 e. The molecule has 0 spiro atoms. The first-order valence-electron chi connectivity index (χ1n) is 9.40. The zero-order chi connectivity index (χ0) is 17.9. The predicted molar refractivity (Wildman–Crippen MR) is 102 cm³/mol. The highest BCUT2D eigenvalue weighted by Gasteiger charge is 2.17. The number of methoxy groups -OCH3 is 1. The van der Waals surface area contributed by atoms with Crippen molar-refractivity contribution < 1.29 is 14.3 Å². The lowest BCUT2D eigenvalue weighted by Gasteiger charge is -2.13. The summed E-state index contributed by atoms with van der Waals surface area (Å²) in [4.78, 5) is 11.6. The standard InChI is InChI=1S/C21H36O3/c1-4-6-7-8-9-10-11-12-13-14-15-16-17-18-19-20(23-3)21(22)24-5-2/h6-7,9-10,12-13,20H,4-5,8,11,14-19H2,1-3H3. The molecule has 0 N–H and O–H groups in total. The molecule has 0 fully saturated rings. The lowest BCUT2D eigenvalue weighted by Crippen LogP contribution is -2.25. The maximum atomic E-state index is 11.6. The fourth-order valence-electron chi connectivity index (χ4n) is 2.34. The summed E-state index contributed by atoms with van der Waals surface area (Å²) in [6, 6.07) is 0. The van der Waals surface area contributed by atoms with Gasteiger partial charge in [0.15, 0.2) is 6.10 Å². The van der Waals surface area contributed by atoms with Gasteiger partial charge in [0, 0.05) is 7.11 Å². The van der Waals surface area contributed by atoms with Crippen LogP contribution in [0.1, 0.15) is 71.6 Å². The van der Waals surface area contributed by atoms with E-state index in [4.69, 9.17) is 9.47 Å². The van der Waals surface area contributed by atoms with Crippen LogP contribution < -0.4 is 0 Å². The molecule has 0 aromatic carbocycles. The van der Waals surface area contributed by atoms with Gasteiger partial charge in [-0.1, -0.05) is 62.6 Å². The summed E-state index contributed by atoms with van der Waals surface area (Å²) in [5.74, 6) is -0.235. The first kappa shape index (κ1) is 22.6. The molecule has 3 nitrogen and oxygen atoms in total. The molecule has 3 heteroatoms. The molecule has 0 saturated heterocycles. The van der Waals surface area contributed by atoms with E-state index in [1.54, 1.807) is 7.11 Å². The van der Waals surface area contributed by atoms with Crippen LogP contribution in [0.15, 0.2) is 36.5 Å². The smallest absolute Gasteiger partial charge is 0.335 e. The molecule has 0 aliphatic rings. The molecule has 0 heterocycles. The lowest BCUT2D eigenvalue weighted by molar-refractivity contribution is -0.155. The van der Waals surface area contributed by atoms with Gasteiger partial charge in [-0.05, 0) is 45.4 Å². The Kier molecular flexibility index (Phi) is 17.0. The molecule has 0 rings (SSSR count). The largest absolute Gasteiger partial charge is 0.464 e. The molecular formula is C21H36O3. The van der Waals surface area contributed by atoms with Crippen LogP contribution in [0.2, 0.25) is 0 Å². The highest BCUT2D eigenvalue weighted by atomic mass is 16.6. The topological polar surface area (TPSA) is 35.5 Å². The zero-order valence-electron chi connectivity index (χ0n) is 15.8. The second-order valence-corrected chi connectivity index (χ2v) is 5.76. The summed E-state index contributed by atoms with van der Waals surface area (Å²) in [7, 11) is 1.57. The monoisotopic (exact) mass is 336 g/mol. The highest BCUT2D eigenvalue weighted by Crippen LogP contribution is 2.11. The molecule has 0 aromatic heterocycles. The number of carbonyl (C=O) groups is 1. The number of unbranched alkanes of at least 4 members (excludes halogenated alkanes) is 4. The Bertz CT molecular complexity index is 369. The molecule has 0 aliphatic heterocycles. The fourth-order valence-corrected chi connectivity index (χ4v) is 2.34.